The summed E-state index contributed by atoms with van der Waals surface area (Å²) in [5.41, 5.74) is 7.07. The Bertz CT molecular complexity index is 451. The second-order valence-electron chi connectivity index (χ2n) is 4.90. The van der Waals surface area contributed by atoms with E-state index < -0.39 is 10.8 Å². The maximum absolute atomic E-state index is 11.6. The van der Waals surface area contributed by atoms with Crippen molar-refractivity contribution in [3.8, 4) is 11.5 Å². The zero-order valence-corrected chi connectivity index (χ0v) is 14.1. The highest BCUT2D eigenvalue weighted by Gasteiger charge is 2.13. The van der Waals surface area contributed by atoms with Crippen molar-refractivity contribution < 1.29 is 13.7 Å². The van der Waals surface area contributed by atoms with Gasteiger partial charge < -0.3 is 15.2 Å². The summed E-state index contributed by atoms with van der Waals surface area (Å²) in [6, 6.07) is 5.50. The van der Waals surface area contributed by atoms with E-state index in [4.69, 9.17) is 15.2 Å². The molecule has 0 aliphatic heterocycles. The Morgan fingerprint density at radius 3 is 2.29 bits per heavy atom. The number of rotatable bonds is 10. The molecular weight excluding hydrogens is 286 g/mol. The Balaban J connectivity index is 2.88. The Kier molecular flexibility index (Phi) is 8.38. The second-order valence-corrected chi connectivity index (χ2v) is 6.70. The molecule has 0 fully saturated rings. The lowest BCUT2D eigenvalue weighted by molar-refractivity contribution is 0.268. The molecule has 0 saturated heterocycles. The largest absolute Gasteiger partial charge is 0.490 e. The summed E-state index contributed by atoms with van der Waals surface area (Å²) in [7, 11) is -0.877. The van der Waals surface area contributed by atoms with Crippen molar-refractivity contribution in [2.75, 3.05) is 24.7 Å². The minimum absolute atomic E-state index is 0.241. The predicted octanol–water partition coefficient (Wildman–Crippen LogP) is 3.03. The van der Waals surface area contributed by atoms with E-state index in [0.717, 1.165) is 29.9 Å². The normalized spacial score (nSPS) is 13.7. The van der Waals surface area contributed by atoms with Crippen molar-refractivity contribution in [1.29, 1.82) is 0 Å². The SMILES string of the molecule is CCCOc1ccc(C(N)CS(=O)CC)cc1OCCC. The third kappa shape index (κ3) is 6.06. The zero-order chi connectivity index (χ0) is 15.7. The molecule has 0 radical (unpaired) electrons. The van der Waals surface area contributed by atoms with Gasteiger partial charge in [0.05, 0.1) is 13.2 Å². The number of hydrogen-bond donors (Lipinski definition) is 1. The molecule has 5 heteroatoms. The van der Waals surface area contributed by atoms with Gasteiger partial charge in [-0.1, -0.05) is 26.8 Å². The molecule has 0 aliphatic rings. The maximum Gasteiger partial charge on any atom is 0.161 e. The van der Waals surface area contributed by atoms with Crippen molar-refractivity contribution in [3.63, 3.8) is 0 Å². The summed E-state index contributed by atoms with van der Waals surface area (Å²) >= 11 is 0. The molecule has 2 N–H and O–H groups in total. The highest BCUT2D eigenvalue weighted by molar-refractivity contribution is 7.84. The van der Waals surface area contributed by atoms with E-state index in [1.165, 1.54) is 0 Å². The second kappa shape index (κ2) is 9.79. The quantitative estimate of drug-likeness (QED) is 0.721. The van der Waals surface area contributed by atoms with Crippen LogP contribution >= 0.6 is 0 Å². The van der Waals surface area contributed by atoms with Crippen molar-refractivity contribution in [3.05, 3.63) is 23.8 Å². The summed E-state index contributed by atoms with van der Waals surface area (Å²) in [6.45, 7) is 7.33. The molecule has 0 aromatic heterocycles. The van der Waals surface area contributed by atoms with Gasteiger partial charge in [0.1, 0.15) is 0 Å². The molecule has 0 heterocycles. The Morgan fingerprint density at radius 1 is 1.10 bits per heavy atom. The van der Waals surface area contributed by atoms with Crippen LogP contribution in [0.2, 0.25) is 0 Å². The Morgan fingerprint density at radius 2 is 1.71 bits per heavy atom. The molecule has 0 saturated carbocycles. The average molecular weight is 313 g/mol. The van der Waals surface area contributed by atoms with Gasteiger partial charge in [0.2, 0.25) is 0 Å². The first-order valence-corrected chi connectivity index (χ1v) is 9.11. The minimum Gasteiger partial charge on any atom is -0.490 e. The fourth-order valence-electron chi connectivity index (χ4n) is 1.83. The lowest BCUT2D eigenvalue weighted by Gasteiger charge is -2.16. The van der Waals surface area contributed by atoms with E-state index in [-0.39, 0.29) is 6.04 Å². The maximum atomic E-state index is 11.6. The van der Waals surface area contributed by atoms with Gasteiger partial charge in [-0.05, 0) is 30.5 Å². The summed E-state index contributed by atoms with van der Waals surface area (Å²) < 4.78 is 23.1. The van der Waals surface area contributed by atoms with Crippen LogP contribution in [0.4, 0.5) is 0 Å². The molecule has 21 heavy (non-hydrogen) atoms. The van der Waals surface area contributed by atoms with Crippen LogP contribution in [-0.4, -0.2) is 28.9 Å². The first-order valence-electron chi connectivity index (χ1n) is 7.62. The first-order chi connectivity index (χ1) is 10.1. The summed E-state index contributed by atoms with van der Waals surface area (Å²) in [6.07, 6.45) is 1.88. The predicted molar refractivity (Wildman–Crippen MR) is 88.5 cm³/mol. The van der Waals surface area contributed by atoms with Crippen molar-refractivity contribution in [2.24, 2.45) is 5.73 Å². The van der Waals surface area contributed by atoms with E-state index in [1.54, 1.807) is 0 Å². The van der Waals surface area contributed by atoms with E-state index >= 15 is 0 Å². The first kappa shape index (κ1) is 18.0. The van der Waals surface area contributed by atoms with Crippen molar-refractivity contribution in [1.82, 2.24) is 0 Å². The van der Waals surface area contributed by atoms with Gasteiger partial charge in [-0.15, -0.1) is 0 Å². The highest BCUT2D eigenvalue weighted by atomic mass is 32.2. The van der Waals surface area contributed by atoms with Crippen LogP contribution in [0.5, 0.6) is 11.5 Å². The molecule has 2 unspecified atom stereocenters. The standard InChI is InChI=1S/C16H27NO3S/c1-4-9-19-15-8-7-13(11-16(15)20-10-5-2)14(17)12-21(18)6-3/h7-8,11,14H,4-6,9-10,12,17H2,1-3H3. The fraction of sp³-hybridized carbons (Fsp3) is 0.625. The lowest BCUT2D eigenvalue weighted by Crippen LogP contribution is -2.19. The van der Waals surface area contributed by atoms with Gasteiger partial charge in [0.15, 0.2) is 11.5 Å². The van der Waals surface area contributed by atoms with Gasteiger partial charge >= 0.3 is 0 Å². The average Bonchev–Trinajstić information content (AvgIpc) is 2.50. The zero-order valence-electron chi connectivity index (χ0n) is 13.3. The van der Waals surface area contributed by atoms with E-state index in [2.05, 4.69) is 13.8 Å². The molecule has 0 spiro atoms. The Hall–Kier alpha value is -1.07. The molecule has 0 bridgehead atoms. The van der Waals surface area contributed by atoms with Gasteiger partial charge in [-0.3, -0.25) is 4.21 Å². The number of benzene rings is 1. The van der Waals surface area contributed by atoms with Gasteiger partial charge in [0.25, 0.3) is 0 Å². The summed E-state index contributed by atoms with van der Waals surface area (Å²) in [5.74, 6) is 2.57. The molecular formula is C16H27NO3S. The number of hydrogen-bond acceptors (Lipinski definition) is 4. The van der Waals surface area contributed by atoms with Crippen LogP contribution in [-0.2, 0) is 10.8 Å². The van der Waals surface area contributed by atoms with Gasteiger partial charge in [0, 0.05) is 28.3 Å². The van der Waals surface area contributed by atoms with E-state index in [0.29, 0.717) is 24.7 Å². The molecule has 1 rings (SSSR count). The minimum atomic E-state index is -0.877. The van der Waals surface area contributed by atoms with Crippen LogP contribution in [0.25, 0.3) is 0 Å². The monoisotopic (exact) mass is 313 g/mol. The van der Waals surface area contributed by atoms with Crippen molar-refractivity contribution >= 4 is 10.8 Å². The fourth-order valence-corrected chi connectivity index (χ4v) is 2.65. The third-order valence-corrected chi connectivity index (χ3v) is 4.38. The molecule has 4 nitrogen and oxygen atoms in total. The smallest absolute Gasteiger partial charge is 0.161 e. The summed E-state index contributed by atoms with van der Waals surface area (Å²) in [4.78, 5) is 0. The van der Waals surface area contributed by atoms with E-state index in [1.807, 2.05) is 25.1 Å². The molecule has 0 aliphatic carbocycles. The van der Waals surface area contributed by atoms with Crippen LogP contribution in [0.1, 0.15) is 45.2 Å². The third-order valence-electron chi connectivity index (χ3n) is 3.01. The van der Waals surface area contributed by atoms with Crippen LogP contribution in [0, 0.1) is 0 Å². The van der Waals surface area contributed by atoms with E-state index in [9.17, 15) is 4.21 Å². The number of ether oxygens (including phenoxy) is 2. The molecule has 0 amide bonds. The molecule has 1 aromatic carbocycles. The topological polar surface area (TPSA) is 61.5 Å². The lowest BCUT2D eigenvalue weighted by atomic mass is 10.1. The summed E-state index contributed by atoms with van der Waals surface area (Å²) in [5, 5.41) is 0. The highest BCUT2D eigenvalue weighted by Crippen LogP contribution is 2.30. The van der Waals surface area contributed by atoms with Gasteiger partial charge in [-0.2, -0.15) is 0 Å². The molecule has 1 aromatic rings. The van der Waals surface area contributed by atoms with Crippen LogP contribution in [0.15, 0.2) is 18.2 Å². The molecule has 2 atom stereocenters. The van der Waals surface area contributed by atoms with Gasteiger partial charge in [-0.25, -0.2) is 0 Å². The van der Waals surface area contributed by atoms with Crippen LogP contribution < -0.4 is 15.2 Å². The molecule has 120 valence electrons. The Labute approximate surface area is 130 Å². The van der Waals surface area contributed by atoms with Crippen LogP contribution in [0.3, 0.4) is 0 Å². The van der Waals surface area contributed by atoms with Crippen molar-refractivity contribution in [2.45, 2.75) is 39.7 Å². The number of nitrogens with two attached hydrogens (primary N) is 1.